The standard InChI is InChI=1S/C10H16N4O/c1-6-8(11)9(12)10(15)14(13-6)7-4-2-3-5-7/h7H,2-5,11-12H2,1H3. The molecule has 1 aliphatic rings. The van der Waals surface area contributed by atoms with E-state index in [9.17, 15) is 4.79 Å². The van der Waals surface area contributed by atoms with Crippen LogP contribution in [-0.4, -0.2) is 9.78 Å². The zero-order chi connectivity index (χ0) is 11.0. The first-order chi connectivity index (χ1) is 7.11. The molecule has 0 bridgehead atoms. The Kier molecular flexibility index (Phi) is 2.38. The fourth-order valence-corrected chi connectivity index (χ4v) is 2.09. The van der Waals surface area contributed by atoms with Gasteiger partial charge < -0.3 is 11.5 Å². The minimum Gasteiger partial charge on any atom is -0.395 e. The molecule has 5 nitrogen and oxygen atoms in total. The lowest BCUT2D eigenvalue weighted by atomic mass is 10.2. The predicted molar refractivity (Wildman–Crippen MR) is 59.6 cm³/mol. The van der Waals surface area contributed by atoms with E-state index in [0.717, 1.165) is 25.7 Å². The first kappa shape index (κ1) is 10.0. The number of nitrogens with zero attached hydrogens (tertiary/aromatic N) is 2. The summed E-state index contributed by atoms with van der Waals surface area (Å²) < 4.78 is 1.51. The fraction of sp³-hybridized carbons (Fsp3) is 0.600. The molecule has 0 radical (unpaired) electrons. The van der Waals surface area contributed by atoms with Crippen molar-refractivity contribution in [2.75, 3.05) is 11.5 Å². The second-order valence-electron chi connectivity index (χ2n) is 4.10. The summed E-state index contributed by atoms with van der Waals surface area (Å²) in [6.45, 7) is 1.77. The van der Waals surface area contributed by atoms with Crippen LogP contribution in [0.25, 0.3) is 0 Å². The van der Waals surface area contributed by atoms with Gasteiger partial charge in [0.05, 0.1) is 17.4 Å². The number of nitrogen functional groups attached to an aromatic ring is 2. The molecular weight excluding hydrogens is 192 g/mol. The third-order valence-corrected chi connectivity index (χ3v) is 3.05. The molecule has 1 aromatic rings. The lowest BCUT2D eigenvalue weighted by Gasteiger charge is -2.14. The molecular formula is C10H16N4O. The molecule has 0 saturated heterocycles. The summed E-state index contributed by atoms with van der Waals surface area (Å²) in [5, 5.41) is 4.21. The molecule has 4 N–H and O–H groups in total. The van der Waals surface area contributed by atoms with Crippen LogP contribution in [0, 0.1) is 6.92 Å². The Bertz CT molecular complexity index is 432. The summed E-state index contributed by atoms with van der Waals surface area (Å²) in [5.41, 5.74) is 12.1. The van der Waals surface area contributed by atoms with Crippen molar-refractivity contribution in [2.24, 2.45) is 0 Å². The number of nitrogens with two attached hydrogens (primary N) is 2. The summed E-state index contributed by atoms with van der Waals surface area (Å²) in [7, 11) is 0. The second kappa shape index (κ2) is 3.56. The van der Waals surface area contributed by atoms with E-state index in [4.69, 9.17) is 11.5 Å². The third-order valence-electron chi connectivity index (χ3n) is 3.05. The summed E-state index contributed by atoms with van der Waals surface area (Å²) in [5.74, 6) is 0. The molecule has 0 atom stereocenters. The van der Waals surface area contributed by atoms with Crippen LogP contribution in [-0.2, 0) is 0 Å². The number of hydrogen-bond donors (Lipinski definition) is 2. The molecule has 5 heteroatoms. The monoisotopic (exact) mass is 208 g/mol. The molecule has 1 fully saturated rings. The highest BCUT2D eigenvalue weighted by atomic mass is 16.1. The van der Waals surface area contributed by atoms with Crippen LogP contribution in [0.1, 0.15) is 37.4 Å². The van der Waals surface area contributed by atoms with Gasteiger partial charge in [-0.25, -0.2) is 4.68 Å². The molecule has 0 amide bonds. The van der Waals surface area contributed by atoms with Gasteiger partial charge in [0.25, 0.3) is 5.56 Å². The van der Waals surface area contributed by atoms with Crippen LogP contribution in [0.4, 0.5) is 11.4 Å². The lowest BCUT2D eigenvalue weighted by Crippen LogP contribution is -2.30. The molecule has 1 saturated carbocycles. The van der Waals surface area contributed by atoms with Crippen molar-refractivity contribution in [1.29, 1.82) is 0 Å². The SMILES string of the molecule is Cc1nn(C2CCCC2)c(=O)c(N)c1N. The molecule has 15 heavy (non-hydrogen) atoms. The van der Waals surface area contributed by atoms with Gasteiger partial charge in [-0.2, -0.15) is 5.10 Å². The normalized spacial score (nSPS) is 17.1. The summed E-state index contributed by atoms with van der Waals surface area (Å²) >= 11 is 0. The van der Waals surface area contributed by atoms with E-state index in [1.165, 1.54) is 4.68 Å². The molecule has 2 rings (SSSR count). The van der Waals surface area contributed by atoms with Crippen LogP contribution >= 0.6 is 0 Å². The van der Waals surface area contributed by atoms with Crippen LogP contribution in [0.15, 0.2) is 4.79 Å². The summed E-state index contributed by atoms with van der Waals surface area (Å²) in [4.78, 5) is 11.8. The maximum atomic E-state index is 11.8. The van der Waals surface area contributed by atoms with Crippen molar-refractivity contribution in [2.45, 2.75) is 38.6 Å². The van der Waals surface area contributed by atoms with E-state index in [1.807, 2.05) is 0 Å². The van der Waals surface area contributed by atoms with Crippen molar-refractivity contribution < 1.29 is 0 Å². The first-order valence-corrected chi connectivity index (χ1v) is 5.25. The molecule has 1 aromatic heterocycles. The van der Waals surface area contributed by atoms with Gasteiger partial charge in [0.1, 0.15) is 5.69 Å². The molecule has 0 unspecified atom stereocenters. The van der Waals surface area contributed by atoms with E-state index in [0.29, 0.717) is 11.4 Å². The van der Waals surface area contributed by atoms with E-state index in [1.54, 1.807) is 6.92 Å². The molecule has 0 spiro atoms. The number of anilines is 2. The maximum Gasteiger partial charge on any atom is 0.292 e. The Balaban J connectivity index is 2.52. The number of aromatic nitrogens is 2. The van der Waals surface area contributed by atoms with E-state index in [-0.39, 0.29) is 17.3 Å². The van der Waals surface area contributed by atoms with Gasteiger partial charge in [-0.1, -0.05) is 12.8 Å². The van der Waals surface area contributed by atoms with E-state index in [2.05, 4.69) is 5.10 Å². The van der Waals surface area contributed by atoms with Gasteiger partial charge in [-0.05, 0) is 19.8 Å². The summed E-state index contributed by atoms with van der Waals surface area (Å²) in [6, 6.07) is 0.207. The van der Waals surface area contributed by atoms with Crippen molar-refractivity contribution in [3.05, 3.63) is 16.0 Å². The van der Waals surface area contributed by atoms with Crippen molar-refractivity contribution in [3.63, 3.8) is 0 Å². The quantitative estimate of drug-likeness (QED) is 0.715. The van der Waals surface area contributed by atoms with Gasteiger partial charge in [0, 0.05) is 0 Å². The van der Waals surface area contributed by atoms with Gasteiger partial charge in [-0.15, -0.1) is 0 Å². The topological polar surface area (TPSA) is 86.9 Å². The average Bonchev–Trinajstić information content (AvgIpc) is 2.73. The van der Waals surface area contributed by atoms with Gasteiger partial charge in [-0.3, -0.25) is 4.79 Å². The Labute approximate surface area is 88.1 Å². The first-order valence-electron chi connectivity index (χ1n) is 5.25. The molecule has 0 aliphatic heterocycles. The fourth-order valence-electron chi connectivity index (χ4n) is 2.09. The highest BCUT2D eigenvalue weighted by Gasteiger charge is 2.21. The highest BCUT2D eigenvalue weighted by Crippen LogP contribution is 2.28. The van der Waals surface area contributed by atoms with Crippen LogP contribution in [0.3, 0.4) is 0 Å². The second-order valence-corrected chi connectivity index (χ2v) is 4.10. The Morgan fingerprint density at radius 3 is 2.47 bits per heavy atom. The largest absolute Gasteiger partial charge is 0.395 e. The Morgan fingerprint density at radius 2 is 1.87 bits per heavy atom. The Hall–Kier alpha value is -1.52. The van der Waals surface area contributed by atoms with E-state index < -0.39 is 0 Å². The Morgan fingerprint density at radius 1 is 1.27 bits per heavy atom. The van der Waals surface area contributed by atoms with Crippen LogP contribution in [0.2, 0.25) is 0 Å². The molecule has 82 valence electrons. The minimum absolute atomic E-state index is 0.134. The van der Waals surface area contributed by atoms with Gasteiger partial charge in [0.2, 0.25) is 0 Å². The van der Waals surface area contributed by atoms with E-state index >= 15 is 0 Å². The van der Waals surface area contributed by atoms with Crippen molar-refractivity contribution in [3.8, 4) is 0 Å². The number of rotatable bonds is 1. The highest BCUT2D eigenvalue weighted by molar-refractivity contribution is 5.63. The van der Waals surface area contributed by atoms with Crippen LogP contribution < -0.4 is 17.0 Å². The van der Waals surface area contributed by atoms with Crippen molar-refractivity contribution in [1.82, 2.24) is 9.78 Å². The van der Waals surface area contributed by atoms with Gasteiger partial charge in [0.15, 0.2) is 0 Å². The summed E-state index contributed by atoms with van der Waals surface area (Å²) in [6.07, 6.45) is 4.33. The molecule has 0 aromatic carbocycles. The predicted octanol–water partition coefficient (Wildman–Crippen LogP) is 0.831. The smallest absolute Gasteiger partial charge is 0.292 e. The minimum atomic E-state index is -0.245. The zero-order valence-electron chi connectivity index (χ0n) is 8.86. The number of hydrogen-bond acceptors (Lipinski definition) is 4. The molecule has 1 aliphatic carbocycles. The zero-order valence-corrected chi connectivity index (χ0v) is 8.86. The number of aryl methyl sites for hydroxylation is 1. The van der Waals surface area contributed by atoms with Crippen molar-refractivity contribution >= 4 is 11.4 Å². The molecule has 1 heterocycles. The van der Waals surface area contributed by atoms with Gasteiger partial charge >= 0.3 is 0 Å². The average molecular weight is 208 g/mol. The third kappa shape index (κ3) is 1.58. The van der Waals surface area contributed by atoms with Crippen LogP contribution in [0.5, 0.6) is 0 Å². The lowest BCUT2D eigenvalue weighted by molar-refractivity contribution is 0.442. The maximum absolute atomic E-state index is 11.8.